The molecule has 2 aromatic carbocycles. The number of anilines is 1. The van der Waals surface area contributed by atoms with Crippen LogP contribution in [0.3, 0.4) is 0 Å². The first kappa shape index (κ1) is 17.1. The van der Waals surface area contributed by atoms with E-state index in [0.717, 1.165) is 16.3 Å². The monoisotopic (exact) mass is 356 g/mol. The van der Waals surface area contributed by atoms with Crippen LogP contribution in [0, 0.1) is 5.82 Å². The highest BCUT2D eigenvalue weighted by molar-refractivity contribution is 7.13. The number of thiazole rings is 1. The summed E-state index contributed by atoms with van der Waals surface area (Å²) in [4.78, 5) is 16.6. The molecular weight excluding hydrogens is 339 g/mol. The Hall–Kier alpha value is -2.73. The number of benzene rings is 2. The lowest BCUT2D eigenvalue weighted by Crippen LogP contribution is -2.14. The van der Waals surface area contributed by atoms with Crippen molar-refractivity contribution in [3.8, 4) is 16.3 Å². The summed E-state index contributed by atoms with van der Waals surface area (Å²) in [6.45, 7) is 2.51. The molecule has 1 heterocycles. The molecule has 6 heteroatoms. The second-order valence-electron chi connectivity index (χ2n) is 5.31. The van der Waals surface area contributed by atoms with Crippen LogP contribution < -0.4 is 10.1 Å². The predicted molar refractivity (Wildman–Crippen MR) is 97.5 cm³/mol. The number of nitrogens with zero attached hydrogens (tertiary/aromatic N) is 1. The number of hydrogen-bond donors (Lipinski definition) is 1. The van der Waals surface area contributed by atoms with Crippen LogP contribution >= 0.6 is 11.3 Å². The molecule has 0 atom stereocenters. The van der Waals surface area contributed by atoms with Gasteiger partial charge in [0.15, 0.2) is 0 Å². The van der Waals surface area contributed by atoms with Crippen LogP contribution in [0.25, 0.3) is 10.6 Å². The molecule has 1 aromatic heterocycles. The third kappa shape index (κ3) is 4.42. The van der Waals surface area contributed by atoms with Gasteiger partial charge in [-0.2, -0.15) is 0 Å². The number of halogens is 1. The summed E-state index contributed by atoms with van der Waals surface area (Å²) < 4.78 is 18.8. The molecule has 4 nitrogen and oxygen atoms in total. The summed E-state index contributed by atoms with van der Waals surface area (Å²) >= 11 is 1.46. The van der Waals surface area contributed by atoms with Crippen LogP contribution in [-0.2, 0) is 11.2 Å². The van der Waals surface area contributed by atoms with E-state index in [1.807, 2.05) is 36.6 Å². The van der Waals surface area contributed by atoms with Gasteiger partial charge < -0.3 is 10.1 Å². The summed E-state index contributed by atoms with van der Waals surface area (Å²) in [5.41, 5.74) is 2.01. The van der Waals surface area contributed by atoms with Gasteiger partial charge in [0.2, 0.25) is 5.91 Å². The third-order valence-electron chi connectivity index (χ3n) is 3.42. The molecule has 0 unspecified atom stereocenters. The van der Waals surface area contributed by atoms with E-state index in [9.17, 15) is 9.18 Å². The number of ether oxygens (including phenoxy) is 1. The topological polar surface area (TPSA) is 51.2 Å². The molecule has 0 aliphatic heterocycles. The first-order chi connectivity index (χ1) is 12.2. The summed E-state index contributed by atoms with van der Waals surface area (Å²) in [5, 5.41) is 5.33. The zero-order valence-corrected chi connectivity index (χ0v) is 14.5. The number of carbonyl (C=O) groups is 1. The number of amides is 1. The van der Waals surface area contributed by atoms with Crippen molar-refractivity contribution >= 4 is 22.9 Å². The van der Waals surface area contributed by atoms with E-state index in [2.05, 4.69) is 10.3 Å². The van der Waals surface area contributed by atoms with Crippen molar-refractivity contribution in [2.24, 2.45) is 0 Å². The highest BCUT2D eigenvalue weighted by atomic mass is 32.1. The zero-order valence-electron chi connectivity index (χ0n) is 13.7. The maximum atomic E-state index is 13.2. The van der Waals surface area contributed by atoms with Crippen LogP contribution in [0.5, 0.6) is 5.75 Å². The molecule has 0 aliphatic carbocycles. The van der Waals surface area contributed by atoms with E-state index in [1.54, 1.807) is 12.1 Å². The lowest BCUT2D eigenvalue weighted by molar-refractivity contribution is -0.115. The van der Waals surface area contributed by atoms with Gasteiger partial charge in [-0.15, -0.1) is 11.3 Å². The number of nitrogens with one attached hydrogen (secondary N) is 1. The fourth-order valence-electron chi connectivity index (χ4n) is 2.37. The van der Waals surface area contributed by atoms with Crippen LogP contribution in [0.2, 0.25) is 0 Å². The van der Waals surface area contributed by atoms with E-state index in [4.69, 9.17) is 4.74 Å². The van der Waals surface area contributed by atoms with Crippen molar-refractivity contribution < 1.29 is 13.9 Å². The fourth-order valence-corrected chi connectivity index (χ4v) is 3.22. The summed E-state index contributed by atoms with van der Waals surface area (Å²) in [6.07, 6.45) is 0.129. The van der Waals surface area contributed by atoms with E-state index in [1.165, 1.54) is 23.5 Å². The van der Waals surface area contributed by atoms with Crippen molar-refractivity contribution in [3.63, 3.8) is 0 Å². The Bertz CT molecular complexity index is 879. The van der Waals surface area contributed by atoms with E-state index in [0.29, 0.717) is 18.0 Å². The van der Waals surface area contributed by atoms with Crippen LogP contribution in [-0.4, -0.2) is 17.5 Å². The van der Waals surface area contributed by atoms with Gasteiger partial charge >= 0.3 is 0 Å². The minimum Gasteiger partial charge on any atom is -0.493 e. The van der Waals surface area contributed by atoms with E-state index >= 15 is 0 Å². The Kier molecular flexibility index (Phi) is 5.40. The Labute approximate surface area is 149 Å². The minimum atomic E-state index is -0.388. The molecule has 3 rings (SSSR count). The van der Waals surface area contributed by atoms with Gasteiger partial charge in [0.05, 0.1) is 24.3 Å². The van der Waals surface area contributed by atoms with Crippen LogP contribution in [0.4, 0.5) is 10.1 Å². The number of hydrogen-bond acceptors (Lipinski definition) is 4. The summed E-state index contributed by atoms with van der Waals surface area (Å²) in [5.74, 6) is 0.150. The van der Waals surface area contributed by atoms with Crippen molar-refractivity contribution in [1.82, 2.24) is 4.98 Å². The molecule has 0 bridgehead atoms. The fraction of sp³-hybridized carbons (Fsp3) is 0.158. The predicted octanol–water partition coefficient (Wildman–Crippen LogP) is 4.53. The van der Waals surface area contributed by atoms with Crippen LogP contribution in [0.1, 0.15) is 12.6 Å². The first-order valence-electron chi connectivity index (χ1n) is 7.87. The van der Waals surface area contributed by atoms with E-state index < -0.39 is 0 Å². The van der Waals surface area contributed by atoms with Crippen LogP contribution in [0.15, 0.2) is 53.9 Å². The molecule has 25 heavy (non-hydrogen) atoms. The molecule has 0 aliphatic rings. The van der Waals surface area contributed by atoms with Gasteiger partial charge in [-0.1, -0.05) is 18.2 Å². The molecule has 1 amide bonds. The maximum Gasteiger partial charge on any atom is 0.230 e. The molecule has 1 N–H and O–H groups in total. The summed E-state index contributed by atoms with van der Waals surface area (Å²) in [7, 11) is 0. The van der Waals surface area contributed by atoms with Crippen molar-refractivity contribution in [3.05, 3.63) is 65.4 Å². The SMILES string of the molecule is CCOc1ccccc1-c1nc(CC(=O)Nc2cccc(F)c2)cs1. The van der Waals surface area contributed by atoms with Crippen molar-refractivity contribution in [1.29, 1.82) is 0 Å². The van der Waals surface area contributed by atoms with Gasteiger partial charge in [-0.05, 0) is 37.3 Å². The molecule has 128 valence electrons. The van der Waals surface area contributed by atoms with Gasteiger partial charge in [0.25, 0.3) is 0 Å². The van der Waals surface area contributed by atoms with Gasteiger partial charge in [0, 0.05) is 11.1 Å². The van der Waals surface area contributed by atoms with Gasteiger partial charge in [0.1, 0.15) is 16.6 Å². The van der Waals surface area contributed by atoms with Crippen molar-refractivity contribution in [2.45, 2.75) is 13.3 Å². The number of aromatic nitrogens is 1. The quantitative estimate of drug-likeness (QED) is 0.706. The minimum absolute atomic E-state index is 0.129. The summed E-state index contributed by atoms with van der Waals surface area (Å²) in [6, 6.07) is 13.5. The Morgan fingerprint density at radius 2 is 2.08 bits per heavy atom. The Morgan fingerprint density at radius 3 is 2.88 bits per heavy atom. The van der Waals surface area contributed by atoms with Gasteiger partial charge in [-0.3, -0.25) is 4.79 Å². The molecule has 0 saturated carbocycles. The number of rotatable bonds is 6. The first-order valence-corrected chi connectivity index (χ1v) is 8.75. The molecule has 0 saturated heterocycles. The van der Waals surface area contributed by atoms with E-state index in [-0.39, 0.29) is 18.1 Å². The molecular formula is C19H17FN2O2S. The van der Waals surface area contributed by atoms with Gasteiger partial charge in [-0.25, -0.2) is 9.37 Å². The molecule has 0 fully saturated rings. The Balaban J connectivity index is 1.70. The number of carbonyl (C=O) groups excluding carboxylic acids is 1. The highest BCUT2D eigenvalue weighted by Gasteiger charge is 2.12. The lowest BCUT2D eigenvalue weighted by Gasteiger charge is -2.07. The average Bonchev–Trinajstić information content (AvgIpc) is 3.04. The second kappa shape index (κ2) is 7.90. The molecule has 0 spiro atoms. The standard InChI is InChI=1S/C19H17FN2O2S/c1-2-24-17-9-4-3-8-16(17)19-22-15(12-25-19)11-18(23)21-14-7-5-6-13(20)10-14/h3-10,12H,2,11H2,1H3,(H,21,23). The normalized spacial score (nSPS) is 10.5. The highest BCUT2D eigenvalue weighted by Crippen LogP contribution is 2.32. The molecule has 0 radical (unpaired) electrons. The molecule has 3 aromatic rings. The average molecular weight is 356 g/mol. The lowest BCUT2D eigenvalue weighted by atomic mass is 10.2. The smallest absolute Gasteiger partial charge is 0.230 e. The second-order valence-corrected chi connectivity index (χ2v) is 6.17. The Morgan fingerprint density at radius 1 is 1.24 bits per heavy atom. The maximum absolute atomic E-state index is 13.2. The zero-order chi connectivity index (χ0) is 17.6. The third-order valence-corrected chi connectivity index (χ3v) is 4.34. The number of para-hydroxylation sites is 1. The largest absolute Gasteiger partial charge is 0.493 e. The van der Waals surface area contributed by atoms with Crippen molar-refractivity contribution in [2.75, 3.05) is 11.9 Å².